The molecule has 0 saturated carbocycles. The number of thioether (sulfide) groups is 1. The highest BCUT2D eigenvalue weighted by Gasteiger charge is 2.09. The Morgan fingerprint density at radius 1 is 0.833 bits per heavy atom. The normalized spacial score (nSPS) is 10.3. The van der Waals surface area contributed by atoms with E-state index < -0.39 is 0 Å². The van der Waals surface area contributed by atoms with E-state index in [1.807, 2.05) is 63.2 Å². The minimum atomic E-state index is -0.108. The second-order valence-electron chi connectivity index (χ2n) is 5.72. The lowest BCUT2D eigenvalue weighted by Gasteiger charge is -2.11. The predicted octanol–water partition coefficient (Wildman–Crippen LogP) is 3.92. The van der Waals surface area contributed by atoms with Crippen molar-refractivity contribution in [2.75, 3.05) is 22.1 Å². The van der Waals surface area contributed by atoms with Crippen molar-refractivity contribution in [3.8, 4) is 0 Å². The maximum absolute atomic E-state index is 12.0. The van der Waals surface area contributed by atoms with Crippen LogP contribution in [0.15, 0.2) is 42.5 Å². The summed E-state index contributed by atoms with van der Waals surface area (Å²) in [6.07, 6.45) is 0. The summed E-state index contributed by atoms with van der Waals surface area (Å²) in [5.74, 6) is 0.285. The van der Waals surface area contributed by atoms with Crippen LogP contribution >= 0.6 is 11.8 Å². The van der Waals surface area contributed by atoms with Crippen LogP contribution in [0.1, 0.15) is 16.7 Å². The Bertz CT molecular complexity index is 706. The van der Waals surface area contributed by atoms with Crippen LogP contribution in [-0.4, -0.2) is 23.3 Å². The zero-order valence-corrected chi connectivity index (χ0v) is 15.0. The molecule has 24 heavy (non-hydrogen) atoms. The topological polar surface area (TPSA) is 58.2 Å². The van der Waals surface area contributed by atoms with Crippen LogP contribution < -0.4 is 10.6 Å². The fraction of sp³-hybridized carbons (Fsp3) is 0.263. The Hall–Kier alpha value is -2.27. The predicted molar refractivity (Wildman–Crippen MR) is 102 cm³/mol. The summed E-state index contributed by atoms with van der Waals surface area (Å²) >= 11 is 1.30. The number of para-hydroxylation sites is 1. The van der Waals surface area contributed by atoms with Crippen LogP contribution in [-0.2, 0) is 9.59 Å². The first-order valence-electron chi connectivity index (χ1n) is 7.76. The number of hydrogen-bond donors (Lipinski definition) is 2. The van der Waals surface area contributed by atoms with Crippen LogP contribution in [0.3, 0.4) is 0 Å². The molecule has 0 aliphatic rings. The molecule has 0 unspecified atom stereocenters. The summed E-state index contributed by atoms with van der Waals surface area (Å²) in [7, 11) is 0. The lowest BCUT2D eigenvalue weighted by molar-refractivity contribution is -0.114. The van der Waals surface area contributed by atoms with E-state index in [0.29, 0.717) is 0 Å². The number of amides is 2. The van der Waals surface area contributed by atoms with Gasteiger partial charge in [-0.2, -0.15) is 0 Å². The van der Waals surface area contributed by atoms with Crippen molar-refractivity contribution in [3.63, 3.8) is 0 Å². The number of nitrogens with one attached hydrogen (secondary N) is 2. The molecule has 126 valence electrons. The van der Waals surface area contributed by atoms with Gasteiger partial charge in [-0.1, -0.05) is 35.9 Å². The van der Waals surface area contributed by atoms with Crippen molar-refractivity contribution in [2.45, 2.75) is 20.8 Å². The average Bonchev–Trinajstić information content (AvgIpc) is 2.53. The molecule has 0 aromatic heterocycles. The highest BCUT2D eigenvalue weighted by Crippen LogP contribution is 2.19. The Balaban J connectivity index is 1.76. The third-order valence-corrected chi connectivity index (χ3v) is 4.48. The first-order chi connectivity index (χ1) is 11.5. The number of aryl methyl sites for hydroxylation is 3. The molecule has 0 saturated heterocycles. The van der Waals surface area contributed by atoms with Crippen LogP contribution in [0.4, 0.5) is 11.4 Å². The van der Waals surface area contributed by atoms with Gasteiger partial charge in [-0.15, -0.1) is 11.8 Å². The highest BCUT2D eigenvalue weighted by atomic mass is 32.2. The second kappa shape index (κ2) is 8.55. The van der Waals surface area contributed by atoms with E-state index in [0.717, 1.165) is 28.1 Å². The Morgan fingerprint density at radius 3 is 1.96 bits per heavy atom. The molecule has 5 heteroatoms. The molecule has 2 aromatic carbocycles. The largest absolute Gasteiger partial charge is 0.325 e. The summed E-state index contributed by atoms with van der Waals surface area (Å²) in [6, 6.07) is 13.5. The van der Waals surface area contributed by atoms with Crippen molar-refractivity contribution >= 4 is 35.0 Å². The van der Waals surface area contributed by atoms with E-state index in [-0.39, 0.29) is 23.3 Å². The van der Waals surface area contributed by atoms with Gasteiger partial charge in [0.25, 0.3) is 0 Å². The monoisotopic (exact) mass is 342 g/mol. The molecule has 0 atom stereocenters. The molecule has 2 rings (SSSR count). The highest BCUT2D eigenvalue weighted by molar-refractivity contribution is 8.00. The van der Waals surface area contributed by atoms with Gasteiger partial charge >= 0.3 is 0 Å². The molecule has 0 aliphatic carbocycles. The third-order valence-electron chi connectivity index (χ3n) is 3.55. The molecule has 2 N–H and O–H groups in total. The van der Waals surface area contributed by atoms with E-state index in [1.54, 1.807) is 0 Å². The Labute approximate surface area is 147 Å². The van der Waals surface area contributed by atoms with Crippen molar-refractivity contribution in [1.82, 2.24) is 0 Å². The molecule has 0 bridgehead atoms. The van der Waals surface area contributed by atoms with Gasteiger partial charge in [0, 0.05) is 11.4 Å². The maximum atomic E-state index is 12.0. The minimum absolute atomic E-state index is 0.0967. The minimum Gasteiger partial charge on any atom is -0.325 e. The molecule has 0 aliphatic heterocycles. The van der Waals surface area contributed by atoms with Gasteiger partial charge in [-0.05, 0) is 44.0 Å². The SMILES string of the molecule is Cc1ccc(NC(=O)CSCC(=O)Nc2c(C)cccc2C)cc1. The second-order valence-corrected chi connectivity index (χ2v) is 6.71. The van der Waals surface area contributed by atoms with Gasteiger partial charge in [0.1, 0.15) is 0 Å². The van der Waals surface area contributed by atoms with E-state index >= 15 is 0 Å². The molecule has 4 nitrogen and oxygen atoms in total. The molecule has 2 amide bonds. The van der Waals surface area contributed by atoms with Gasteiger partial charge in [-0.25, -0.2) is 0 Å². The first kappa shape index (κ1) is 18.1. The van der Waals surface area contributed by atoms with Gasteiger partial charge in [0.05, 0.1) is 11.5 Å². The van der Waals surface area contributed by atoms with Crippen LogP contribution in [0, 0.1) is 20.8 Å². The maximum Gasteiger partial charge on any atom is 0.234 e. The molecular formula is C19H22N2O2S. The summed E-state index contributed by atoms with van der Waals surface area (Å²) in [5, 5.41) is 5.74. The Morgan fingerprint density at radius 2 is 1.38 bits per heavy atom. The van der Waals surface area contributed by atoms with Crippen LogP contribution in [0.25, 0.3) is 0 Å². The third kappa shape index (κ3) is 5.42. The number of carbonyl (C=O) groups excluding carboxylic acids is 2. The number of carbonyl (C=O) groups is 2. The summed E-state index contributed by atoms with van der Waals surface area (Å²) in [4.78, 5) is 23.9. The molecule has 0 radical (unpaired) electrons. The summed E-state index contributed by atoms with van der Waals surface area (Å²) < 4.78 is 0. The van der Waals surface area contributed by atoms with Gasteiger partial charge < -0.3 is 10.6 Å². The van der Waals surface area contributed by atoms with Crippen molar-refractivity contribution in [2.24, 2.45) is 0 Å². The molecule has 0 spiro atoms. The molecule has 2 aromatic rings. The lowest BCUT2D eigenvalue weighted by atomic mass is 10.1. The molecular weight excluding hydrogens is 320 g/mol. The number of hydrogen-bond acceptors (Lipinski definition) is 3. The number of rotatable bonds is 6. The first-order valence-corrected chi connectivity index (χ1v) is 8.91. The number of benzene rings is 2. The van der Waals surface area contributed by atoms with E-state index in [2.05, 4.69) is 10.6 Å². The fourth-order valence-corrected chi connectivity index (χ4v) is 2.87. The van der Waals surface area contributed by atoms with Crippen molar-refractivity contribution in [3.05, 3.63) is 59.2 Å². The van der Waals surface area contributed by atoms with Crippen molar-refractivity contribution < 1.29 is 9.59 Å². The van der Waals surface area contributed by atoms with Gasteiger partial charge in [0.15, 0.2) is 0 Å². The van der Waals surface area contributed by atoms with E-state index in [4.69, 9.17) is 0 Å². The smallest absolute Gasteiger partial charge is 0.234 e. The number of anilines is 2. The van der Waals surface area contributed by atoms with E-state index in [1.165, 1.54) is 11.8 Å². The zero-order chi connectivity index (χ0) is 17.5. The summed E-state index contributed by atoms with van der Waals surface area (Å²) in [6.45, 7) is 5.92. The standard InChI is InChI=1S/C19H22N2O2S/c1-13-7-9-16(10-8-13)20-17(22)11-24-12-18(23)21-19-14(2)5-4-6-15(19)3/h4-10H,11-12H2,1-3H3,(H,20,22)(H,21,23). The zero-order valence-electron chi connectivity index (χ0n) is 14.2. The van der Waals surface area contributed by atoms with Crippen molar-refractivity contribution in [1.29, 1.82) is 0 Å². The van der Waals surface area contributed by atoms with Gasteiger partial charge in [-0.3, -0.25) is 9.59 Å². The quantitative estimate of drug-likeness (QED) is 0.836. The fourth-order valence-electron chi connectivity index (χ4n) is 2.26. The average molecular weight is 342 g/mol. The Kier molecular flexibility index (Phi) is 6.44. The molecule has 0 heterocycles. The van der Waals surface area contributed by atoms with Crippen LogP contribution in [0.5, 0.6) is 0 Å². The molecule has 0 fully saturated rings. The van der Waals surface area contributed by atoms with Gasteiger partial charge in [0.2, 0.25) is 11.8 Å². The van der Waals surface area contributed by atoms with E-state index in [9.17, 15) is 9.59 Å². The summed E-state index contributed by atoms with van der Waals surface area (Å²) in [5.41, 5.74) is 4.83. The van der Waals surface area contributed by atoms with Crippen LogP contribution in [0.2, 0.25) is 0 Å². The lowest BCUT2D eigenvalue weighted by Crippen LogP contribution is -2.19.